The maximum absolute atomic E-state index is 12.7. The van der Waals surface area contributed by atoms with Crippen molar-refractivity contribution in [3.8, 4) is 0 Å². The van der Waals surface area contributed by atoms with Crippen LogP contribution in [0.2, 0.25) is 0 Å². The van der Waals surface area contributed by atoms with Crippen molar-refractivity contribution < 1.29 is 18.0 Å². The van der Waals surface area contributed by atoms with E-state index in [0.717, 1.165) is 5.56 Å². The first-order valence-corrected chi connectivity index (χ1v) is 5.00. The number of aromatic amines is 1. The molecule has 1 aromatic carbocycles. The Balaban J connectivity index is 2.90. The zero-order valence-corrected chi connectivity index (χ0v) is 9.27. The molecule has 2 aromatic rings. The number of aryl methyl sites for hydroxylation is 2. The quantitative estimate of drug-likeness (QED) is 0.760. The number of H-pyrrole nitrogens is 1. The lowest BCUT2D eigenvalue weighted by atomic mass is 10.1. The minimum absolute atomic E-state index is 0.251. The molecule has 0 unspecified atom stereocenters. The first-order valence-electron chi connectivity index (χ1n) is 5.00. The van der Waals surface area contributed by atoms with Crippen LogP contribution in [0, 0.1) is 13.8 Å². The summed E-state index contributed by atoms with van der Waals surface area (Å²) in [6.07, 6.45) is -4.30. The largest absolute Gasteiger partial charge is 0.431 e. The average molecular weight is 241 g/mol. The molecule has 17 heavy (non-hydrogen) atoms. The summed E-state index contributed by atoms with van der Waals surface area (Å²) >= 11 is 0. The predicted octanol–water partition coefficient (Wildman–Crippen LogP) is 3.62. The van der Waals surface area contributed by atoms with Gasteiger partial charge in [-0.3, -0.25) is 4.79 Å². The van der Waals surface area contributed by atoms with Gasteiger partial charge in [0.05, 0.1) is 5.56 Å². The molecule has 5 heteroatoms. The van der Waals surface area contributed by atoms with Crippen LogP contribution in [0.25, 0.3) is 10.9 Å². The Hall–Kier alpha value is -1.78. The topological polar surface area (TPSA) is 32.9 Å². The fraction of sp³-hybridized carbons (Fsp3) is 0.250. The molecule has 0 amide bonds. The SMILES string of the molecule is Cc1cc(C)c2[nH]c(C(F)(F)F)c(C=O)c2c1. The number of hydrogen-bond acceptors (Lipinski definition) is 1. The Morgan fingerprint density at radius 2 is 1.88 bits per heavy atom. The highest BCUT2D eigenvalue weighted by Gasteiger charge is 2.36. The molecule has 1 heterocycles. The standard InChI is InChI=1S/C12H10F3NO/c1-6-3-7(2)10-8(4-6)9(5-17)11(16-10)12(13,14)15/h3-5,16H,1-2H3. The van der Waals surface area contributed by atoms with E-state index in [1.165, 1.54) is 0 Å². The van der Waals surface area contributed by atoms with Gasteiger partial charge < -0.3 is 4.98 Å². The summed E-state index contributed by atoms with van der Waals surface area (Å²) in [4.78, 5) is 13.1. The second-order valence-corrected chi connectivity index (χ2v) is 4.03. The van der Waals surface area contributed by atoms with Crippen molar-refractivity contribution in [2.45, 2.75) is 20.0 Å². The van der Waals surface area contributed by atoms with Crippen molar-refractivity contribution in [1.29, 1.82) is 0 Å². The Morgan fingerprint density at radius 3 is 2.41 bits per heavy atom. The van der Waals surface area contributed by atoms with Crippen LogP contribution in [-0.4, -0.2) is 11.3 Å². The number of alkyl halides is 3. The molecule has 0 fully saturated rings. The number of aldehydes is 1. The molecule has 0 aliphatic heterocycles. The third kappa shape index (κ3) is 1.81. The lowest BCUT2D eigenvalue weighted by Crippen LogP contribution is -2.08. The zero-order valence-electron chi connectivity index (χ0n) is 9.27. The van der Waals surface area contributed by atoms with Gasteiger partial charge in [-0.25, -0.2) is 0 Å². The number of benzene rings is 1. The van der Waals surface area contributed by atoms with Gasteiger partial charge >= 0.3 is 6.18 Å². The van der Waals surface area contributed by atoms with Crippen LogP contribution in [-0.2, 0) is 6.18 Å². The Labute approximate surface area is 95.4 Å². The van der Waals surface area contributed by atoms with E-state index in [4.69, 9.17) is 0 Å². The summed E-state index contributed by atoms with van der Waals surface area (Å²) in [5, 5.41) is 0.324. The van der Waals surface area contributed by atoms with Crippen molar-refractivity contribution in [2.75, 3.05) is 0 Å². The van der Waals surface area contributed by atoms with Crippen LogP contribution >= 0.6 is 0 Å². The third-order valence-electron chi connectivity index (χ3n) is 2.69. The smallest absolute Gasteiger partial charge is 0.350 e. The van der Waals surface area contributed by atoms with Crippen molar-refractivity contribution in [3.05, 3.63) is 34.5 Å². The number of carbonyl (C=O) groups excluding carboxylic acids is 1. The summed E-state index contributed by atoms with van der Waals surface area (Å²) in [6, 6.07) is 3.35. The van der Waals surface area contributed by atoms with Crippen molar-refractivity contribution in [3.63, 3.8) is 0 Å². The molecule has 0 aliphatic carbocycles. The molecular weight excluding hydrogens is 231 g/mol. The molecule has 0 atom stereocenters. The molecule has 0 saturated heterocycles. The van der Waals surface area contributed by atoms with Crippen molar-refractivity contribution in [1.82, 2.24) is 4.98 Å². The monoisotopic (exact) mass is 241 g/mol. The van der Waals surface area contributed by atoms with E-state index in [-0.39, 0.29) is 11.8 Å². The summed E-state index contributed by atoms with van der Waals surface area (Å²) in [7, 11) is 0. The molecule has 0 saturated carbocycles. The molecule has 90 valence electrons. The molecule has 2 rings (SSSR count). The number of aromatic nitrogens is 1. The van der Waals surface area contributed by atoms with Gasteiger partial charge in [-0.1, -0.05) is 11.6 Å². The highest BCUT2D eigenvalue weighted by molar-refractivity contribution is 6.00. The molecule has 1 aromatic heterocycles. The Kier molecular flexibility index (Phi) is 2.49. The van der Waals surface area contributed by atoms with Gasteiger partial charge in [-0.05, 0) is 25.5 Å². The lowest BCUT2D eigenvalue weighted by molar-refractivity contribution is -0.140. The van der Waals surface area contributed by atoms with E-state index in [9.17, 15) is 18.0 Å². The molecule has 0 bridgehead atoms. The molecule has 0 aliphatic rings. The first kappa shape index (κ1) is 11.7. The van der Waals surface area contributed by atoms with Gasteiger partial charge in [0.1, 0.15) is 5.69 Å². The lowest BCUT2D eigenvalue weighted by Gasteiger charge is -2.03. The number of halogens is 3. The average Bonchev–Trinajstić information content (AvgIpc) is 2.55. The Bertz CT molecular complexity index is 596. The second kappa shape index (κ2) is 3.61. The summed E-state index contributed by atoms with van der Waals surface area (Å²) in [5.41, 5.74) is 0.588. The van der Waals surface area contributed by atoms with Crippen molar-refractivity contribution in [2.24, 2.45) is 0 Å². The van der Waals surface area contributed by atoms with Crippen LogP contribution < -0.4 is 0 Å². The highest BCUT2D eigenvalue weighted by atomic mass is 19.4. The number of nitrogens with one attached hydrogen (secondary N) is 1. The summed E-state index contributed by atoms with van der Waals surface area (Å²) < 4.78 is 38.1. The van der Waals surface area contributed by atoms with E-state index in [1.54, 1.807) is 26.0 Å². The van der Waals surface area contributed by atoms with Gasteiger partial charge in [0.25, 0.3) is 0 Å². The van der Waals surface area contributed by atoms with E-state index in [2.05, 4.69) is 4.98 Å². The molecule has 0 spiro atoms. The highest BCUT2D eigenvalue weighted by Crippen LogP contribution is 2.35. The minimum Gasteiger partial charge on any atom is -0.350 e. The molecular formula is C12H10F3NO. The molecule has 0 radical (unpaired) electrons. The maximum atomic E-state index is 12.7. The van der Waals surface area contributed by atoms with E-state index in [1.807, 2.05) is 0 Å². The fourth-order valence-electron chi connectivity index (χ4n) is 2.02. The number of hydrogen-bond donors (Lipinski definition) is 1. The van der Waals surface area contributed by atoms with Crippen LogP contribution in [0.3, 0.4) is 0 Å². The first-order chi connectivity index (χ1) is 7.84. The van der Waals surface area contributed by atoms with Crippen LogP contribution in [0.4, 0.5) is 13.2 Å². The van der Waals surface area contributed by atoms with E-state index in [0.29, 0.717) is 16.5 Å². The zero-order chi connectivity index (χ0) is 12.8. The van der Waals surface area contributed by atoms with Gasteiger partial charge in [0.2, 0.25) is 0 Å². The molecule has 2 nitrogen and oxygen atoms in total. The van der Waals surface area contributed by atoms with Gasteiger partial charge in [-0.15, -0.1) is 0 Å². The van der Waals surface area contributed by atoms with E-state index >= 15 is 0 Å². The summed E-state index contributed by atoms with van der Waals surface area (Å²) in [6.45, 7) is 3.49. The normalized spacial score (nSPS) is 12.1. The third-order valence-corrected chi connectivity index (χ3v) is 2.69. The van der Waals surface area contributed by atoms with Gasteiger partial charge in [-0.2, -0.15) is 13.2 Å². The summed E-state index contributed by atoms with van der Waals surface area (Å²) in [5.74, 6) is 0. The second-order valence-electron chi connectivity index (χ2n) is 4.03. The minimum atomic E-state index is -4.55. The number of carbonyl (C=O) groups is 1. The van der Waals surface area contributed by atoms with Crippen LogP contribution in [0.1, 0.15) is 27.2 Å². The van der Waals surface area contributed by atoms with Gasteiger partial charge in [0, 0.05) is 10.9 Å². The van der Waals surface area contributed by atoms with Crippen molar-refractivity contribution >= 4 is 17.2 Å². The maximum Gasteiger partial charge on any atom is 0.431 e. The fourth-order valence-corrected chi connectivity index (χ4v) is 2.02. The van der Waals surface area contributed by atoms with Gasteiger partial charge in [0.15, 0.2) is 6.29 Å². The van der Waals surface area contributed by atoms with Crippen LogP contribution in [0.5, 0.6) is 0 Å². The predicted molar refractivity (Wildman–Crippen MR) is 58.2 cm³/mol. The Morgan fingerprint density at radius 1 is 1.24 bits per heavy atom. The van der Waals surface area contributed by atoms with E-state index < -0.39 is 11.9 Å². The molecule has 1 N–H and O–H groups in total. The number of fused-ring (bicyclic) bond motifs is 1. The van der Waals surface area contributed by atoms with Crippen LogP contribution in [0.15, 0.2) is 12.1 Å². The number of rotatable bonds is 1.